The zero-order valence-electron chi connectivity index (χ0n) is 9.72. The lowest BCUT2D eigenvalue weighted by molar-refractivity contribution is 0.449. The lowest BCUT2D eigenvalue weighted by atomic mass is 10.1. The summed E-state index contributed by atoms with van der Waals surface area (Å²) in [5.41, 5.74) is 5.44. The predicted molar refractivity (Wildman–Crippen MR) is 62.2 cm³/mol. The van der Waals surface area contributed by atoms with Crippen molar-refractivity contribution < 1.29 is 12.8 Å². The SMILES string of the molecule is CC(CN)C(C)NS(=O)(=O)c1ncccc1F. The van der Waals surface area contributed by atoms with Crippen molar-refractivity contribution in [1.82, 2.24) is 9.71 Å². The first kappa shape index (κ1) is 14.0. The summed E-state index contributed by atoms with van der Waals surface area (Å²) < 4.78 is 39.3. The summed E-state index contributed by atoms with van der Waals surface area (Å²) >= 11 is 0. The summed E-state index contributed by atoms with van der Waals surface area (Å²) in [6, 6.07) is 2.00. The normalized spacial score (nSPS) is 15.5. The molecule has 0 aliphatic rings. The molecule has 0 bridgehead atoms. The van der Waals surface area contributed by atoms with E-state index in [2.05, 4.69) is 9.71 Å². The van der Waals surface area contributed by atoms with Crippen molar-refractivity contribution >= 4 is 10.0 Å². The smallest absolute Gasteiger partial charge is 0.261 e. The fraction of sp³-hybridized carbons (Fsp3) is 0.500. The molecule has 7 heteroatoms. The van der Waals surface area contributed by atoms with E-state index in [0.717, 1.165) is 6.07 Å². The van der Waals surface area contributed by atoms with E-state index in [1.807, 2.05) is 6.92 Å². The van der Waals surface area contributed by atoms with Crippen LogP contribution >= 0.6 is 0 Å². The zero-order valence-corrected chi connectivity index (χ0v) is 10.5. The number of nitrogens with one attached hydrogen (secondary N) is 1. The number of pyridine rings is 1. The zero-order chi connectivity index (χ0) is 13.1. The van der Waals surface area contributed by atoms with Crippen molar-refractivity contribution in [1.29, 1.82) is 0 Å². The number of aromatic nitrogens is 1. The van der Waals surface area contributed by atoms with Gasteiger partial charge in [0.25, 0.3) is 10.0 Å². The van der Waals surface area contributed by atoms with Crippen LogP contribution in [0.2, 0.25) is 0 Å². The first-order chi connectivity index (χ1) is 7.88. The van der Waals surface area contributed by atoms with Crippen LogP contribution in [0.5, 0.6) is 0 Å². The van der Waals surface area contributed by atoms with Gasteiger partial charge < -0.3 is 5.73 Å². The molecule has 0 spiro atoms. The Bertz CT molecular complexity index is 478. The molecule has 2 unspecified atom stereocenters. The molecule has 1 aromatic rings. The molecule has 1 heterocycles. The van der Waals surface area contributed by atoms with Crippen LogP contribution in [0.4, 0.5) is 4.39 Å². The third kappa shape index (κ3) is 3.45. The fourth-order valence-corrected chi connectivity index (χ4v) is 2.55. The van der Waals surface area contributed by atoms with Gasteiger partial charge in [-0.3, -0.25) is 0 Å². The third-order valence-corrected chi connectivity index (χ3v) is 4.04. The second-order valence-corrected chi connectivity index (χ2v) is 5.54. The molecular weight excluding hydrogens is 245 g/mol. The molecule has 0 amide bonds. The largest absolute Gasteiger partial charge is 0.330 e. The summed E-state index contributed by atoms with van der Waals surface area (Å²) in [7, 11) is -3.94. The van der Waals surface area contributed by atoms with E-state index >= 15 is 0 Å². The van der Waals surface area contributed by atoms with Gasteiger partial charge in [-0.1, -0.05) is 6.92 Å². The van der Waals surface area contributed by atoms with Gasteiger partial charge in [0, 0.05) is 12.2 Å². The number of nitrogens with zero attached hydrogens (tertiary/aromatic N) is 1. The van der Waals surface area contributed by atoms with Gasteiger partial charge in [0.2, 0.25) is 5.03 Å². The van der Waals surface area contributed by atoms with Gasteiger partial charge in [0.05, 0.1) is 0 Å². The Morgan fingerprint density at radius 2 is 2.18 bits per heavy atom. The van der Waals surface area contributed by atoms with Gasteiger partial charge >= 0.3 is 0 Å². The molecule has 0 radical (unpaired) electrons. The number of nitrogens with two attached hydrogens (primary N) is 1. The lowest BCUT2D eigenvalue weighted by Crippen LogP contribution is -2.40. The molecule has 1 rings (SSSR count). The van der Waals surface area contributed by atoms with E-state index in [0.29, 0.717) is 6.54 Å². The maximum Gasteiger partial charge on any atom is 0.261 e. The Morgan fingerprint density at radius 1 is 1.53 bits per heavy atom. The van der Waals surface area contributed by atoms with Gasteiger partial charge in [-0.15, -0.1) is 0 Å². The highest BCUT2D eigenvalue weighted by molar-refractivity contribution is 7.89. The molecular formula is C10H16FN3O2S. The molecule has 0 aliphatic carbocycles. The maximum absolute atomic E-state index is 13.3. The van der Waals surface area contributed by atoms with E-state index < -0.39 is 20.9 Å². The third-order valence-electron chi connectivity index (χ3n) is 2.55. The molecule has 0 aromatic carbocycles. The Hall–Kier alpha value is -1.05. The first-order valence-corrected chi connectivity index (χ1v) is 6.69. The molecule has 17 heavy (non-hydrogen) atoms. The Kier molecular flexibility index (Phi) is 4.55. The highest BCUT2D eigenvalue weighted by Crippen LogP contribution is 2.12. The van der Waals surface area contributed by atoms with Crippen LogP contribution in [0.15, 0.2) is 23.4 Å². The van der Waals surface area contributed by atoms with Gasteiger partial charge in [0.1, 0.15) is 0 Å². The molecule has 0 fully saturated rings. The van der Waals surface area contributed by atoms with Crippen LogP contribution < -0.4 is 10.5 Å². The number of hydrogen-bond acceptors (Lipinski definition) is 4. The topological polar surface area (TPSA) is 85.1 Å². The summed E-state index contributed by atoms with van der Waals surface area (Å²) in [6.45, 7) is 3.83. The minimum atomic E-state index is -3.94. The molecule has 5 nitrogen and oxygen atoms in total. The monoisotopic (exact) mass is 261 g/mol. The molecule has 0 saturated carbocycles. The second-order valence-electron chi connectivity index (χ2n) is 3.91. The number of halogens is 1. The summed E-state index contributed by atoms with van der Waals surface area (Å²) in [4.78, 5) is 3.53. The van der Waals surface area contributed by atoms with Crippen molar-refractivity contribution in [3.05, 3.63) is 24.1 Å². The van der Waals surface area contributed by atoms with Crippen molar-refractivity contribution in [3.8, 4) is 0 Å². The highest BCUT2D eigenvalue weighted by atomic mass is 32.2. The minimum absolute atomic E-state index is 0.0449. The average molecular weight is 261 g/mol. The summed E-state index contributed by atoms with van der Waals surface area (Å²) in [5, 5.41) is -0.587. The van der Waals surface area contributed by atoms with Crippen molar-refractivity contribution in [2.45, 2.75) is 24.9 Å². The maximum atomic E-state index is 13.3. The number of hydrogen-bond donors (Lipinski definition) is 2. The van der Waals surface area contributed by atoms with Crippen molar-refractivity contribution in [3.63, 3.8) is 0 Å². The number of rotatable bonds is 5. The van der Waals surface area contributed by atoms with Gasteiger partial charge in [-0.05, 0) is 31.5 Å². The highest BCUT2D eigenvalue weighted by Gasteiger charge is 2.24. The lowest BCUT2D eigenvalue weighted by Gasteiger charge is -2.19. The standard InChI is InChI=1S/C10H16FN3O2S/c1-7(6-12)8(2)14-17(15,16)10-9(11)4-3-5-13-10/h3-5,7-8,14H,6,12H2,1-2H3. The number of sulfonamides is 1. The van der Waals surface area contributed by atoms with Crippen LogP contribution in [0.25, 0.3) is 0 Å². The summed E-state index contributed by atoms with van der Waals surface area (Å²) in [5.74, 6) is -0.913. The van der Waals surface area contributed by atoms with Crippen molar-refractivity contribution in [2.75, 3.05) is 6.54 Å². The summed E-state index contributed by atoms with van der Waals surface area (Å²) in [6.07, 6.45) is 1.23. The quantitative estimate of drug-likeness (QED) is 0.807. The van der Waals surface area contributed by atoms with Crippen molar-refractivity contribution in [2.24, 2.45) is 11.7 Å². The fourth-order valence-electron chi connectivity index (χ4n) is 1.19. The Balaban J connectivity index is 2.94. The van der Waals surface area contributed by atoms with Gasteiger partial charge in [-0.25, -0.2) is 22.5 Å². The molecule has 0 aliphatic heterocycles. The minimum Gasteiger partial charge on any atom is -0.330 e. The van der Waals surface area contributed by atoms with Crippen LogP contribution in [-0.2, 0) is 10.0 Å². The van der Waals surface area contributed by atoms with E-state index in [1.165, 1.54) is 12.3 Å². The van der Waals surface area contributed by atoms with Gasteiger partial charge in [0.15, 0.2) is 5.82 Å². The van der Waals surface area contributed by atoms with Gasteiger partial charge in [-0.2, -0.15) is 0 Å². The molecule has 96 valence electrons. The molecule has 1 aromatic heterocycles. The van der Waals surface area contributed by atoms with E-state index in [1.54, 1.807) is 6.92 Å². The molecule has 3 N–H and O–H groups in total. The second kappa shape index (κ2) is 5.52. The van der Waals surface area contributed by atoms with E-state index in [9.17, 15) is 12.8 Å². The predicted octanol–water partition coefficient (Wildman–Crippen LogP) is 0.482. The first-order valence-electron chi connectivity index (χ1n) is 5.21. The Morgan fingerprint density at radius 3 is 2.71 bits per heavy atom. The Labute approximate surface area is 100 Å². The molecule has 0 saturated heterocycles. The average Bonchev–Trinajstić information content (AvgIpc) is 2.27. The molecule has 2 atom stereocenters. The van der Waals surface area contributed by atoms with Crippen LogP contribution in [0, 0.1) is 11.7 Å². The van der Waals surface area contributed by atoms with Crippen LogP contribution in [-0.4, -0.2) is 26.0 Å². The van der Waals surface area contributed by atoms with E-state index in [-0.39, 0.29) is 12.0 Å². The van der Waals surface area contributed by atoms with E-state index in [4.69, 9.17) is 5.73 Å². The van der Waals surface area contributed by atoms with Crippen LogP contribution in [0.1, 0.15) is 13.8 Å². The van der Waals surface area contributed by atoms with Crippen LogP contribution in [0.3, 0.4) is 0 Å².